The zero-order chi connectivity index (χ0) is 24.3. The molecule has 0 saturated carbocycles. The highest BCUT2D eigenvalue weighted by molar-refractivity contribution is 6.56. The fourth-order valence-electron chi connectivity index (χ4n) is 2.91. The summed E-state index contributed by atoms with van der Waals surface area (Å²) in [7, 11) is 0. The Labute approximate surface area is 217 Å². The molecule has 0 N–H and O–H groups in total. The molecular weight excluding hydrogens is 508 g/mol. The number of oxime groups is 1. The molecule has 33 heavy (non-hydrogen) atoms. The zero-order valence-corrected chi connectivity index (χ0v) is 22.3. The number of halogens is 4. The second-order valence-corrected chi connectivity index (χ2v) is 9.01. The van der Waals surface area contributed by atoms with Crippen LogP contribution in [0.1, 0.15) is 50.7 Å². The van der Waals surface area contributed by atoms with E-state index >= 15 is 0 Å². The summed E-state index contributed by atoms with van der Waals surface area (Å²) in [5, 5.41) is 3.74. The third-order valence-electron chi connectivity index (χ3n) is 4.55. The summed E-state index contributed by atoms with van der Waals surface area (Å²) >= 11 is 22.2. The van der Waals surface area contributed by atoms with Gasteiger partial charge in [-0.3, -0.25) is 0 Å². The van der Waals surface area contributed by atoms with Gasteiger partial charge in [-0.15, -0.1) is 0 Å². The molecule has 0 unspecified atom stereocenters. The van der Waals surface area contributed by atoms with Gasteiger partial charge in [0.1, 0.15) is 33.7 Å². The van der Waals surface area contributed by atoms with Gasteiger partial charge in [0.15, 0.2) is 0 Å². The number of ether oxygens (including phenoxy) is 3. The summed E-state index contributed by atoms with van der Waals surface area (Å²) in [6, 6.07) is 4.06. The Kier molecular flexibility index (Phi) is 17.4. The second-order valence-electron chi connectivity index (χ2n) is 7.00. The molecule has 0 heterocycles. The minimum atomic E-state index is 0.161. The van der Waals surface area contributed by atoms with Crippen molar-refractivity contribution in [2.24, 2.45) is 5.16 Å². The van der Waals surface area contributed by atoms with Crippen molar-refractivity contribution in [1.82, 2.24) is 0 Å². The van der Waals surface area contributed by atoms with E-state index in [9.17, 15) is 0 Å². The predicted molar refractivity (Wildman–Crippen MR) is 139 cm³/mol. The summed E-state index contributed by atoms with van der Waals surface area (Å²) in [5.74, 6) is 1.78. The van der Waals surface area contributed by atoms with Crippen LogP contribution in [0, 0.1) is 0 Å². The largest absolute Gasteiger partial charge is 0.493 e. The van der Waals surface area contributed by atoms with Crippen LogP contribution in [0.25, 0.3) is 0 Å². The minimum Gasteiger partial charge on any atom is -0.493 e. The zero-order valence-electron chi connectivity index (χ0n) is 19.3. The number of unbranched alkanes of at least 4 members (excludes halogenated alkanes) is 3. The minimum absolute atomic E-state index is 0.161. The van der Waals surface area contributed by atoms with Crippen molar-refractivity contribution >= 4 is 52.6 Å². The standard InChI is InChI=1S/C24H33Cl4NO4/c1-3-19-17-21(31-14-9-22(25)26)18-20(4-2)24(19)32-13-8-6-5-7-12-30-16-11-29-33-15-10-23(27)28/h9-11,17-18H,3-8,12-16H2,1-2H3/b29-11+. The summed E-state index contributed by atoms with van der Waals surface area (Å²) in [5.41, 5.74) is 2.29. The van der Waals surface area contributed by atoms with Gasteiger partial charge in [0.25, 0.3) is 0 Å². The van der Waals surface area contributed by atoms with Crippen LogP contribution in [0.15, 0.2) is 38.4 Å². The van der Waals surface area contributed by atoms with Crippen LogP contribution in [-0.2, 0) is 22.4 Å². The van der Waals surface area contributed by atoms with Gasteiger partial charge in [0.05, 0.1) is 19.4 Å². The van der Waals surface area contributed by atoms with Crippen LogP contribution in [0.5, 0.6) is 11.5 Å². The molecule has 1 rings (SSSR count). The molecule has 0 spiro atoms. The van der Waals surface area contributed by atoms with Crippen LogP contribution >= 0.6 is 46.4 Å². The predicted octanol–water partition coefficient (Wildman–Crippen LogP) is 7.79. The van der Waals surface area contributed by atoms with Crippen LogP contribution in [0.2, 0.25) is 0 Å². The topological polar surface area (TPSA) is 49.3 Å². The first kappa shape index (κ1) is 29.9. The highest BCUT2D eigenvalue weighted by atomic mass is 35.5. The molecule has 0 aliphatic carbocycles. The van der Waals surface area contributed by atoms with Crippen molar-refractivity contribution in [3.8, 4) is 11.5 Å². The molecule has 1 aromatic rings. The Balaban J connectivity index is 2.26. The van der Waals surface area contributed by atoms with Gasteiger partial charge in [0, 0.05) is 6.61 Å². The van der Waals surface area contributed by atoms with E-state index in [1.54, 1.807) is 12.3 Å². The third-order valence-corrected chi connectivity index (χ3v) is 5.17. The van der Waals surface area contributed by atoms with Gasteiger partial charge in [-0.05, 0) is 67.5 Å². The Morgan fingerprint density at radius 1 is 0.788 bits per heavy atom. The first-order chi connectivity index (χ1) is 16.0. The van der Waals surface area contributed by atoms with E-state index in [1.165, 1.54) is 6.08 Å². The quantitative estimate of drug-likeness (QED) is 0.108. The van der Waals surface area contributed by atoms with Gasteiger partial charge in [-0.2, -0.15) is 0 Å². The molecule has 0 aromatic heterocycles. The molecule has 9 heteroatoms. The van der Waals surface area contributed by atoms with Gasteiger partial charge in [-0.1, -0.05) is 71.8 Å². The summed E-state index contributed by atoms with van der Waals surface area (Å²) in [6.45, 7) is 6.59. The number of nitrogens with zero attached hydrogens (tertiary/aromatic N) is 1. The van der Waals surface area contributed by atoms with Crippen molar-refractivity contribution in [2.45, 2.75) is 52.4 Å². The lowest BCUT2D eigenvalue weighted by atomic mass is 10.0. The summed E-state index contributed by atoms with van der Waals surface area (Å²) < 4.78 is 17.8. The van der Waals surface area contributed by atoms with Crippen molar-refractivity contribution in [3.05, 3.63) is 44.4 Å². The Morgan fingerprint density at radius 2 is 1.39 bits per heavy atom. The average Bonchev–Trinajstić information content (AvgIpc) is 2.78. The molecular formula is C24H33Cl4NO4. The lowest BCUT2D eigenvalue weighted by Crippen LogP contribution is -2.05. The van der Waals surface area contributed by atoms with E-state index in [-0.39, 0.29) is 15.6 Å². The number of hydrogen-bond acceptors (Lipinski definition) is 5. The van der Waals surface area contributed by atoms with Crippen molar-refractivity contribution in [1.29, 1.82) is 0 Å². The fraction of sp³-hybridized carbons (Fsp3) is 0.542. The van der Waals surface area contributed by atoms with Crippen molar-refractivity contribution < 1.29 is 19.0 Å². The van der Waals surface area contributed by atoms with Gasteiger partial charge in [-0.25, -0.2) is 0 Å². The maximum atomic E-state index is 6.16. The number of benzene rings is 1. The van der Waals surface area contributed by atoms with E-state index in [0.29, 0.717) is 26.4 Å². The maximum Gasteiger partial charge on any atom is 0.138 e. The fourth-order valence-corrected chi connectivity index (χ4v) is 3.17. The summed E-state index contributed by atoms with van der Waals surface area (Å²) in [4.78, 5) is 4.93. The van der Waals surface area contributed by atoms with E-state index in [0.717, 1.165) is 61.2 Å². The molecule has 0 aliphatic rings. The van der Waals surface area contributed by atoms with E-state index in [2.05, 4.69) is 19.0 Å². The molecule has 0 fully saturated rings. The average molecular weight is 541 g/mol. The smallest absolute Gasteiger partial charge is 0.138 e. The third kappa shape index (κ3) is 14.7. The molecule has 5 nitrogen and oxygen atoms in total. The van der Waals surface area contributed by atoms with Gasteiger partial charge >= 0.3 is 0 Å². The Hall–Kier alpha value is -1.11. The number of aryl methyl sites for hydroxylation is 2. The second kappa shape index (κ2) is 19.2. The molecule has 0 aliphatic heterocycles. The highest BCUT2D eigenvalue weighted by Crippen LogP contribution is 2.31. The van der Waals surface area contributed by atoms with E-state index < -0.39 is 0 Å². The molecule has 0 saturated heterocycles. The maximum absolute atomic E-state index is 6.16. The van der Waals surface area contributed by atoms with E-state index in [1.807, 2.05) is 12.1 Å². The lowest BCUT2D eigenvalue weighted by Gasteiger charge is -2.17. The van der Waals surface area contributed by atoms with Gasteiger partial charge < -0.3 is 19.0 Å². The van der Waals surface area contributed by atoms with Crippen LogP contribution in [-0.4, -0.2) is 39.2 Å². The molecule has 186 valence electrons. The monoisotopic (exact) mass is 539 g/mol. The lowest BCUT2D eigenvalue weighted by molar-refractivity contribution is 0.153. The van der Waals surface area contributed by atoms with Crippen LogP contribution < -0.4 is 9.47 Å². The first-order valence-corrected chi connectivity index (χ1v) is 12.6. The molecule has 0 atom stereocenters. The Bertz CT molecular complexity index is 736. The first-order valence-electron chi connectivity index (χ1n) is 11.1. The van der Waals surface area contributed by atoms with Crippen LogP contribution in [0.3, 0.4) is 0 Å². The van der Waals surface area contributed by atoms with Crippen molar-refractivity contribution in [2.75, 3.05) is 33.0 Å². The summed E-state index contributed by atoms with van der Waals surface area (Å²) in [6.07, 6.45) is 10.6. The molecule has 0 bridgehead atoms. The SMILES string of the molecule is CCc1cc(OCC=C(Cl)Cl)cc(CC)c1OCCCCCCOC/C=N/OCC=C(Cl)Cl. The van der Waals surface area contributed by atoms with E-state index in [4.69, 9.17) is 65.5 Å². The van der Waals surface area contributed by atoms with Crippen molar-refractivity contribution in [3.63, 3.8) is 0 Å². The molecule has 0 amide bonds. The number of rotatable bonds is 18. The van der Waals surface area contributed by atoms with Crippen LogP contribution in [0.4, 0.5) is 0 Å². The normalized spacial score (nSPS) is 10.8. The molecule has 1 aromatic carbocycles. The van der Waals surface area contributed by atoms with Gasteiger partial charge in [0.2, 0.25) is 0 Å². The molecule has 0 radical (unpaired) electrons. The number of hydrogen-bond donors (Lipinski definition) is 0. The highest BCUT2D eigenvalue weighted by Gasteiger charge is 2.11. The Morgan fingerprint density at radius 3 is 2.00 bits per heavy atom.